The highest BCUT2D eigenvalue weighted by Crippen LogP contribution is 2.20. The third-order valence-corrected chi connectivity index (χ3v) is 3.44. The first-order valence-corrected chi connectivity index (χ1v) is 5.70. The zero-order valence-electron chi connectivity index (χ0n) is 7.57. The number of hydrogen-bond acceptors (Lipinski definition) is 3. The molecule has 0 spiro atoms. The second-order valence-electron chi connectivity index (χ2n) is 3.29. The Balaban J connectivity index is 1.79. The van der Waals surface area contributed by atoms with Gasteiger partial charge in [0, 0.05) is 29.1 Å². The molecule has 70 valence electrons. The van der Waals surface area contributed by atoms with Gasteiger partial charge in [-0.2, -0.15) is 0 Å². The van der Waals surface area contributed by atoms with Crippen molar-refractivity contribution in [2.75, 3.05) is 12.3 Å². The predicted octanol–water partition coefficient (Wildman–Crippen LogP) is 1.93. The summed E-state index contributed by atoms with van der Waals surface area (Å²) in [5.41, 5.74) is 0. The van der Waals surface area contributed by atoms with Crippen molar-refractivity contribution in [3.05, 3.63) is 24.5 Å². The molecular weight excluding hydrogens is 180 g/mol. The van der Waals surface area contributed by atoms with Gasteiger partial charge in [-0.25, -0.2) is 0 Å². The van der Waals surface area contributed by atoms with Crippen LogP contribution in [0.5, 0.6) is 0 Å². The van der Waals surface area contributed by atoms with Gasteiger partial charge >= 0.3 is 0 Å². The van der Waals surface area contributed by atoms with Gasteiger partial charge in [-0.1, -0.05) is 0 Å². The minimum absolute atomic E-state index is 0.721. The third kappa shape index (κ3) is 2.71. The number of hydrogen-bond donors (Lipinski definition) is 1. The summed E-state index contributed by atoms with van der Waals surface area (Å²) in [4.78, 5) is 5.32. The monoisotopic (exact) mass is 194 g/mol. The van der Waals surface area contributed by atoms with E-state index in [1.807, 2.05) is 24.2 Å². The lowest BCUT2D eigenvalue weighted by atomic mass is 10.3. The van der Waals surface area contributed by atoms with Crippen molar-refractivity contribution in [3.8, 4) is 0 Å². The van der Waals surface area contributed by atoms with Crippen LogP contribution in [0.3, 0.4) is 0 Å². The highest BCUT2D eigenvalue weighted by atomic mass is 32.2. The second kappa shape index (κ2) is 4.63. The molecule has 1 aromatic rings. The maximum atomic E-state index is 4.00. The maximum absolute atomic E-state index is 4.00. The SMILES string of the molecule is c1cc(SCC2CCCN2)ccn1. The van der Waals surface area contributed by atoms with E-state index in [2.05, 4.69) is 22.4 Å². The summed E-state index contributed by atoms with van der Waals surface area (Å²) in [6, 6.07) is 4.86. The first-order chi connectivity index (χ1) is 6.45. The lowest BCUT2D eigenvalue weighted by Gasteiger charge is -2.08. The van der Waals surface area contributed by atoms with Crippen molar-refractivity contribution < 1.29 is 0 Å². The molecule has 0 aromatic carbocycles. The van der Waals surface area contributed by atoms with Crippen molar-refractivity contribution >= 4 is 11.8 Å². The standard InChI is InChI=1S/C10H14N2S/c1-2-9(12-5-1)8-13-10-3-6-11-7-4-10/h3-4,6-7,9,12H,1-2,5,8H2. The van der Waals surface area contributed by atoms with Gasteiger partial charge < -0.3 is 5.32 Å². The Kier molecular flexibility index (Phi) is 3.22. The Labute approximate surface area is 83.1 Å². The first kappa shape index (κ1) is 9.03. The number of nitrogens with zero attached hydrogens (tertiary/aromatic N) is 1. The number of thioether (sulfide) groups is 1. The molecule has 1 aliphatic heterocycles. The number of rotatable bonds is 3. The molecule has 1 atom stereocenters. The molecule has 1 saturated heterocycles. The van der Waals surface area contributed by atoms with Gasteiger partial charge in [-0.15, -0.1) is 11.8 Å². The molecule has 1 fully saturated rings. The van der Waals surface area contributed by atoms with Crippen molar-refractivity contribution in [2.45, 2.75) is 23.8 Å². The smallest absolute Gasteiger partial charge is 0.0278 e. The Bertz CT molecular complexity index is 244. The van der Waals surface area contributed by atoms with E-state index in [4.69, 9.17) is 0 Å². The van der Waals surface area contributed by atoms with Gasteiger partial charge in [0.25, 0.3) is 0 Å². The van der Waals surface area contributed by atoms with Crippen LogP contribution in [-0.2, 0) is 0 Å². The molecule has 2 nitrogen and oxygen atoms in total. The molecule has 1 aromatic heterocycles. The van der Waals surface area contributed by atoms with Crippen LogP contribution in [0.1, 0.15) is 12.8 Å². The minimum atomic E-state index is 0.721. The summed E-state index contributed by atoms with van der Waals surface area (Å²) in [5.74, 6) is 1.18. The van der Waals surface area contributed by atoms with Crippen molar-refractivity contribution in [1.29, 1.82) is 0 Å². The van der Waals surface area contributed by atoms with E-state index in [-0.39, 0.29) is 0 Å². The fourth-order valence-corrected chi connectivity index (χ4v) is 2.52. The van der Waals surface area contributed by atoms with Crippen LogP contribution < -0.4 is 5.32 Å². The van der Waals surface area contributed by atoms with Gasteiger partial charge in [-0.05, 0) is 31.5 Å². The highest BCUT2D eigenvalue weighted by molar-refractivity contribution is 7.99. The van der Waals surface area contributed by atoms with Crippen molar-refractivity contribution in [3.63, 3.8) is 0 Å². The molecule has 3 heteroatoms. The first-order valence-electron chi connectivity index (χ1n) is 4.71. The number of pyridine rings is 1. The Hall–Kier alpha value is -0.540. The van der Waals surface area contributed by atoms with Crippen molar-refractivity contribution in [2.24, 2.45) is 0 Å². The fourth-order valence-electron chi connectivity index (χ4n) is 1.53. The Morgan fingerprint density at radius 1 is 1.46 bits per heavy atom. The molecule has 0 saturated carbocycles. The van der Waals surface area contributed by atoms with Crippen LogP contribution >= 0.6 is 11.8 Å². The zero-order chi connectivity index (χ0) is 8.93. The topological polar surface area (TPSA) is 24.9 Å². The molecular formula is C10H14N2S. The Morgan fingerprint density at radius 3 is 3.00 bits per heavy atom. The average molecular weight is 194 g/mol. The largest absolute Gasteiger partial charge is 0.313 e. The minimum Gasteiger partial charge on any atom is -0.313 e. The lowest BCUT2D eigenvalue weighted by molar-refractivity contribution is 0.674. The molecule has 2 heterocycles. The van der Waals surface area contributed by atoms with Gasteiger partial charge in [0.05, 0.1) is 0 Å². The quantitative estimate of drug-likeness (QED) is 0.744. The summed E-state index contributed by atoms with van der Waals surface area (Å²) >= 11 is 1.92. The maximum Gasteiger partial charge on any atom is 0.0278 e. The van der Waals surface area contributed by atoms with Crippen LogP contribution in [-0.4, -0.2) is 23.3 Å². The van der Waals surface area contributed by atoms with Crippen LogP contribution in [0.2, 0.25) is 0 Å². The number of nitrogens with one attached hydrogen (secondary N) is 1. The van der Waals surface area contributed by atoms with E-state index >= 15 is 0 Å². The van der Waals surface area contributed by atoms with Gasteiger partial charge in [0.15, 0.2) is 0 Å². The zero-order valence-corrected chi connectivity index (χ0v) is 8.39. The molecule has 13 heavy (non-hydrogen) atoms. The fraction of sp³-hybridized carbons (Fsp3) is 0.500. The summed E-state index contributed by atoms with van der Waals surface area (Å²) in [5, 5.41) is 3.49. The molecule has 1 unspecified atom stereocenters. The molecule has 0 amide bonds. The second-order valence-corrected chi connectivity index (χ2v) is 4.38. The van der Waals surface area contributed by atoms with Gasteiger partial charge in [0.1, 0.15) is 0 Å². The highest BCUT2D eigenvalue weighted by Gasteiger charge is 2.13. The molecule has 0 bridgehead atoms. The van der Waals surface area contributed by atoms with Gasteiger partial charge in [-0.3, -0.25) is 4.98 Å². The average Bonchev–Trinajstić information content (AvgIpc) is 2.69. The van der Waals surface area contributed by atoms with E-state index in [0.29, 0.717) is 0 Å². The van der Waals surface area contributed by atoms with E-state index in [9.17, 15) is 0 Å². The van der Waals surface area contributed by atoms with E-state index in [0.717, 1.165) is 6.04 Å². The predicted molar refractivity (Wildman–Crippen MR) is 56.0 cm³/mol. The number of aromatic nitrogens is 1. The molecule has 0 aliphatic carbocycles. The normalized spacial score (nSPS) is 22.0. The Morgan fingerprint density at radius 2 is 2.31 bits per heavy atom. The van der Waals surface area contributed by atoms with Gasteiger partial charge in [0.2, 0.25) is 0 Å². The lowest BCUT2D eigenvalue weighted by Crippen LogP contribution is -2.23. The third-order valence-electron chi connectivity index (χ3n) is 2.26. The van der Waals surface area contributed by atoms with Crippen molar-refractivity contribution in [1.82, 2.24) is 10.3 Å². The summed E-state index contributed by atoms with van der Waals surface area (Å²) in [7, 11) is 0. The molecule has 2 rings (SSSR count). The van der Waals surface area contributed by atoms with Crippen LogP contribution in [0, 0.1) is 0 Å². The van der Waals surface area contributed by atoms with E-state index in [1.165, 1.54) is 30.0 Å². The van der Waals surface area contributed by atoms with E-state index in [1.54, 1.807) is 0 Å². The summed E-state index contributed by atoms with van der Waals surface area (Å²) in [6.45, 7) is 1.20. The van der Waals surface area contributed by atoms with Crippen LogP contribution in [0.15, 0.2) is 29.4 Å². The summed E-state index contributed by atoms with van der Waals surface area (Å²) < 4.78 is 0. The summed E-state index contributed by atoms with van der Waals surface area (Å²) in [6.07, 6.45) is 6.37. The van der Waals surface area contributed by atoms with Crippen LogP contribution in [0.4, 0.5) is 0 Å². The molecule has 1 aliphatic rings. The molecule has 1 N–H and O–H groups in total. The van der Waals surface area contributed by atoms with E-state index < -0.39 is 0 Å². The molecule has 0 radical (unpaired) electrons. The van der Waals surface area contributed by atoms with Crippen LogP contribution in [0.25, 0.3) is 0 Å².